The van der Waals surface area contributed by atoms with Crippen molar-refractivity contribution in [1.29, 1.82) is 0 Å². The van der Waals surface area contributed by atoms with Crippen molar-refractivity contribution in [2.24, 2.45) is 11.8 Å². The summed E-state index contributed by atoms with van der Waals surface area (Å²) < 4.78 is 1.87. The second kappa shape index (κ2) is 7.31. The highest BCUT2D eigenvalue weighted by Gasteiger charge is 2.24. The lowest BCUT2D eigenvalue weighted by Gasteiger charge is -2.35. The van der Waals surface area contributed by atoms with Crippen molar-refractivity contribution in [2.75, 3.05) is 18.0 Å². The molecule has 5 nitrogen and oxygen atoms in total. The zero-order valence-corrected chi connectivity index (χ0v) is 16.7. The highest BCUT2D eigenvalue weighted by Crippen LogP contribution is 2.27. The molecule has 2 atom stereocenters. The minimum atomic E-state index is 0.662. The van der Waals surface area contributed by atoms with Crippen molar-refractivity contribution in [1.82, 2.24) is 19.7 Å². The number of benzene rings is 1. The van der Waals surface area contributed by atoms with E-state index < -0.39 is 0 Å². The van der Waals surface area contributed by atoms with Crippen LogP contribution in [0.25, 0.3) is 16.9 Å². The SMILES string of the molecule is Cc1nn(-c2ccc(Cl)cc2)cc1-c1ccnc(N2CC(C)CC(C)C2)n1. The number of aromatic nitrogens is 4. The molecule has 1 aliphatic heterocycles. The van der Waals surface area contributed by atoms with Gasteiger partial charge in [0.15, 0.2) is 0 Å². The molecular weight excluding hydrogens is 358 g/mol. The summed E-state index contributed by atoms with van der Waals surface area (Å²) in [5, 5.41) is 5.37. The quantitative estimate of drug-likeness (QED) is 0.655. The summed E-state index contributed by atoms with van der Waals surface area (Å²) in [7, 11) is 0. The van der Waals surface area contributed by atoms with Gasteiger partial charge in [-0.15, -0.1) is 0 Å². The van der Waals surface area contributed by atoms with E-state index in [-0.39, 0.29) is 0 Å². The number of rotatable bonds is 3. The number of hydrogen-bond donors (Lipinski definition) is 0. The molecule has 1 aromatic carbocycles. The number of aryl methyl sites for hydroxylation is 1. The van der Waals surface area contributed by atoms with Gasteiger partial charge in [0, 0.05) is 36.1 Å². The molecule has 27 heavy (non-hydrogen) atoms. The Balaban J connectivity index is 1.65. The van der Waals surface area contributed by atoms with Crippen molar-refractivity contribution in [3.05, 3.63) is 53.4 Å². The van der Waals surface area contributed by atoms with E-state index >= 15 is 0 Å². The molecule has 3 heterocycles. The third-order valence-electron chi connectivity index (χ3n) is 5.06. The van der Waals surface area contributed by atoms with Crippen LogP contribution < -0.4 is 4.90 Å². The average Bonchev–Trinajstić information content (AvgIpc) is 3.03. The number of piperidine rings is 1. The Morgan fingerprint density at radius 1 is 1.04 bits per heavy atom. The van der Waals surface area contributed by atoms with E-state index in [1.807, 2.05) is 54.3 Å². The lowest BCUT2D eigenvalue weighted by molar-refractivity contribution is 0.353. The summed E-state index contributed by atoms with van der Waals surface area (Å²) in [5.41, 5.74) is 3.84. The maximum absolute atomic E-state index is 5.99. The van der Waals surface area contributed by atoms with Crippen LogP contribution in [0.15, 0.2) is 42.7 Å². The minimum absolute atomic E-state index is 0.662. The third kappa shape index (κ3) is 3.83. The fourth-order valence-corrected chi connectivity index (χ4v) is 4.04. The first-order valence-electron chi connectivity index (χ1n) is 9.40. The molecule has 4 rings (SSSR count). The van der Waals surface area contributed by atoms with Crippen molar-refractivity contribution in [3.63, 3.8) is 0 Å². The third-order valence-corrected chi connectivity index (χ3v) is 5.31. The fourth-order valence-electron chi connectivity index (χ4n) is 3.91. The molecule has 3 aromatic rings. The van der Waals surface area contributed by atoms with Crippen LogP contribution in [0.4, 0.5) is 5.95 Å². The Bertz CT molecular complexity index is 924. The largest absolute Gasteiger partial charge is 0.340 e. The Labute approximate surface area is 165 Å². The molecule has 2 unspecified atom stereocenters. The lowest BCUT2D eigenvalue weighted by Crippen LogP contribution is -2.39. The van der Waals surface area contributed by atoms with E-state index in [2.05, 4.69) is 28.8 Å². The normalized spacial score (nSPS) is 20.1. The molecule has 0 bridgehead atoms. The zero-order chi connectivity index (χ0) is 19.0. The van der Waals surface area contributed by atoms with Crippen molar-refractivity contribution >= 4 is 17.5 Å². The first-order valence-corrected chi connectivity index (χ1v) is 9.78. The van der Waals surface area contributed by atoms with E-state index in [0.29, 0.717) is 16.9 Å². The number of nitrogens with zero attached hydrogens (tertiary/aromatic N) is 5. The van der Waals surface area contributed by atoms with Gasteiger partial charge in [-0.2, -0.15) is 5.10 Å². The molecule has 140 valence electrons. The molecule has 0 spiro atoms. The Morgan fingerprint density at radius 3 is 2.44 bits per heavy atom. The van der Waals surface area contributed by atoms with Gasteiger partial charge >= 0.3 is 0 Å². The van der Waals surface area contributed by atoms with Gasteiger partial charge in [-0.1, -0.05) is 25.4 Å². The Hall–Kier alpha value is -2.40. The molecule has 0 amide bonds. The second-order valence-electron chi connectivity index (χ2n) is 7.64. The van der Waals surface area contributed by atoms with Gasteiger partial charge in [0.2, 0.25) is 5.95 Å². The van der Waals surface area contributed by atoms with Gasteiger partial charge in [0.05, 0.1) is 17.1 Å². The van der Waals surface area contributed by atoms with Crippen LogP contribution in [-0.4, -0.2) is 32.8 Å². The van der Waals surface area contributed by atoms with Crippen LogP contribution >= 0.6 is 11.6 Å². The topological polar surface area (TPSA) is 46.8 Å². The van der Waals surface area contributed by atoms with Crippen molar-refractivity contribution in [3.8, 4) is 16.9 Å². The smallest absolute Gasteiger partial charge is 0.225 e. The predicted molar refractivity (Wildman–Crippen MR) is 109 cm³/mol. The summed E-state index contributed by atoms with van der Waals surface area (Å²) in [6.07, 6.45) is 5.13. The molecule has 1 aliphatic rings. The molecule has 2 aromatic heterocycles. The first kappa shape index (κ1) is 18.0. The van der Waals surface area contributed by atoms with Gasteiger partial charge in [-0.3, -0.25) is 0 Å². The van der Waals surface area contributed by atoms with Crippen LogP contribution in [0, 0.1) is 18.8 Å². The average molecular weight is 382 g/mol. The van der Waals surface area contributed by atoms with Crippen LogP contribution in [0.2, 0.25) is 5.02 Å². The van der Waals surface area contributed by atoms with Gasteiger partial charge in [0.1, 0.15) is 0 Å². The number of halogens is 1. The van der Waals surface area contributed by atoms with E-state index in [9.17, 15) is 0 Å². The first-order chi connectivity index (χ1) is 13.0. The van der Waals surface area contributed by atoms with E-state index in [4.69, 9.17) is 16.6 Å². The minimum Gasteiger partial charge on any atom is -0.340 e. The molecule has 0 N–H and O–H groups in total. The summed E-state index contributed by atoms with van der Waals surface area (Å²) in [6, 6.07) is 9.61. The predicted octanol–water partition coefficient (Wildman–Crippen LogP) is 4.77. The van der Waals surface area contributed by atoms with Gasteiger partial charge in [-0.05, 0) is 55.5 Å². The van der Waals surface area contributed by atoms with Crippen molar-refractivity contribution < 1.29 is 0 Å². The monoisotopic (exact) mass is 381 g/mol. The molecule has 6 heteroatoms. The molecule has 0 saturated carbocycles. The maximum Gasteiger partial charge on any atom is 0.225 e. The molecular formula is C21H24ClN5. The maximum atomic E-state index is 5.99. The Morgan fingerprint density at radius 2 is 1.74 bits per heavy atom. The standard InChI is InChI=1S/C21H24ClN5/c1-14-10-15(2)12-26(11-14)21-23-9-8-20(24-21)19-13-27(25-16(19)3)18-6-4-17(22)5-7-18/h4-9,13-15H,10-12H2,1-3H3. The summed E-state index contributed by atoms with van der Waals surface area (Å²) in [5.74, 6) is 2.13. The molecule has 1 fully saturated rings. The highest BCUT2D eigenvalue weighted by atomic mass is 35.5. The summed E-state index contributed by atoms with van der Waals surface area (Å²) >= 11 is 5.99. The van der Waals surface area contributed by atoms with Crippen LogP contribution in [-0.2, 0) is 0 Å². The van der Waals surface area contributed by atoms with E-state index in [0.717, 1.165) is 41.7 Å². The van der Waals surface area contributed by atoms with Crippen molar-refractivity contribution in [2.45, 2.75) is 27.2 Å². The summed E-state index contributed by atoms with van der Waals surface area (Å²) in [4.78, 5) is 11.7. The lowest BCUT2D eigenvalue weighted by atomic mass is 9.92. The van der Waals surface area contributed by atoms with Crippen LogP contribution in [0.5, 0.6) is 0 Å². The molecule has 0 aliphatic carbocycles. The van der Waals surface area contributed by atoms with Crippen LogP contribution in [0.1, 0.15) is 26.0 Å². The summed E-state index contributed by atoms with van der Waals surface area (Å²) in [6.45, 7) is 8.63. The number of anilines is 1. The van der Waals surface area contributed by atoms with Gasteiger partial charge in [0.25, 0.3) is 0 Å². The second-order valence-corrected chi connectivity index (χ2v) is 8.08. The van der Waals surface area contributed by atoms with Gasteiger partial charge in [-0.25, -0.2) is 14.6 Å². The van der Waals surface area contributed by atoms with E-state index in [1.165, 1.54) is 6.42 Å². The van der Waals surface area contributed by atoms with Gasteiger partial charge < -0.3 is 4.90 Å². The fraction of sp³-hybridized carbons (Fsp3) is 0.381. The van der Waals surface area contributed by atoms with E-state index in [1.54, 1.807) is 0 Å². The highest BCUT2D eigenvalue weighted by molar-refractivity contribution is 6.30. The molecule has 0 radical (unpaired) electrons. The molecule has 1 saturated heterocycles. The Kier molecular flexibility index (Phi) is 4.87. The van der Waals surface area contributed by atoms with Crippen LogP contribution in [0.3, 0.4) is 0 Å². The zero-order valence-electron chi connectivity index (χ0n) is 15.9. The number of hydrogen-bond acceptors (Lipinski definition) is 4.